The van der Waals surface area contributed by atoms with E-state index < -0.39 is 5.97 Å². The summed E-state index contributed by atoms with van der Waals surface area (Å²) in [5.41, 5.74) is 0.527. The zero-order chi connectivity index (χ0) is 16.1. The van der Waals surface area contributed by atoms with Crippen molar-refractivity contribution in [3.8, 4) is 0 Å². The van der Waals surface area contributed by atoms with Gasteiger partial charge in [0.25, 0.3) is 0 Å². The second-order valence-corrected chi connectivity index (χ2v) is 9.13. The molecule has 0 saturated heterocycles. The Kier molecular flexibility index (Phi) is 10.8. The molecule has 0 radical (unpaired) electrons. The molecule has 2 nitrogen and oxygen atoms in total. The quantitative estimate of drug-likeness (QED) is 0.734. The van der Waals surface area contributed by atoms with Crippen molar-refractivity contribution >= 4 is 5.97 Å². The molecule has 21 heavy (non-hydrogen) atoms. The minimum absolute atomic E-state index is 0. The fourth-order valence-electron chi connectivity index (χ4n) is 3.37. The Morgan fingerprint density at radius 3 is 1.71 bits per heavy atom. The Bertz CT molecular complexity index is 305. The molecule has 3 unspecified atom stereocenters. The number of hydrogen-bond acceptors (Lipinski definition) is 1. The van der Waals surface area contributed by atoms with E-state index in [-0.39, 0.29) is 48.2 Å². The summed E-state index contributed by atoms with van der Waals surface area (Å²) in [4.78, 5) is 11.5. The molecule has 0 aliphatic carbocycles. The maximum Gasteiger partial charge on any atom is 1.00 e. The summed E-state index contributed by atoms with van der Waals surface area (Å²) in [5.74, 6) is 0.0226. The number of aliphatic carboxylic acids is 1. The van der Waals surface area contributed by atoms with Crippen molar-refractivity contribution in [3.63, 3.8) is 0 Å². The van der Waals surface area contributed by atoms with Crippen LogP contribution in [0.3, 0.4) is 0 Å². The van der Waals surface area contributed by atoms with Crippen LogP contribution in [-0.4, -0.2) is 11.1 Å². The largest absolute Gasteiger partial charge is 1.00 e. The number of carboxylic acids is 1. The summed E-state index contributed by atoms with van der Waals surface area (Å²) in [7, 11) is 0. The third kappa shape index (κ3) is 12.7. The molecule has 1 N–H and O–H groups in total. The third-order valence-electron chi connectivity index (χ3n) is 3.87. The molecule has 0 amide bonds. The van der Waals surface area contributed by atoms with Gasteiger partial charge in [-0.05, 0) is 48.3 Å². The summed E-state index contributed by atoms with van der Waals surface area (Å²) in [5, 5.41) is 9.49. The smallest absolute Gasteiger partial charge is 1.00 e. The molecule has 0 bridgehead atoms. The molecule has 0 heterocycles. The number of carboxylic acid groups (broad SMARTS) is 1. The summed E-state index contributed by atoms with van der Waals surface area (Å²) in [6, 6.07) is 0. The topological polar surface area (TPSA) is 37.3 Å². The van der Waals surface area contributed by atoms with Gasteiger partial charge in [-0.3, -0.25) is 4.79 Å². The summed E-state index contributed by atoms with van der Waals surface area (Å²) in [6.45, 7) is 17.7. The van der Waals surface area contributed by atoms with E-state index in [1.165, 1.54) is 0 Å². The van der Waals surface area contributed by atoms with Crippen LogP contribution in [0.15, 0.2) is 0 Å². The Balaban J connectivity index is -0.00000180. The molecule has 122 valence electrons. The molecular weight excluding hydrogens is 271 g/mol. The van der Waals surface area contributed by atoms with Crippen LogP contribution in [0.1, 0.15) is 82.5 Å². The maximum absolute atomic E-state index is 11.5. The van der Waals surface area contributed by atoms with Gasteiger partial charge in [-0.2, -0.15) is 0 Å². The van der Waals surface area contributed by atoms with E-state index >= 15 is 0 Å². The van der Waals surface area contributed by atoms with Crippen LogP contribution in [0, 0.1) is 28.6 Å². The monoisotopic (exact) mass is 308 g/mol. The van der Waals surface area contributed by atoms with E-state index in [1.54, 1.807) is 0 Å². The van der Waals surface area contributed by atoms with Gasteiger partial charge in [0, 0.05) is 0 Å². The van der Waals surface area contributed by atoms with Gasteiger partial charge in [0.05, 0.1) is 5.92 Å². The van der Waals surface area contributed by atoms with E-state index in [4.69, 9.17) is 0 Å². The molecule has 0 aromatic heterocycles. The maximum atomic E-state index is 11.5. The van der Waals surface area contributed by atoms with Crippen molar-refractivity contribution in [2.45, 2.75) is 81.1 Å². The van der Waals surface area contributed by atoms with E-state index in [2.05, 4.69) is 55.4 Å². The average molecular weight is 308 g/mol. The fourth-order valence-corrected chi connectivity index (χ4v) is 3.37. The van der Waals surface area contributed by atoms with Crippen LogP contribution in [0.25, 0.3) is 0 Å². The molecule has 0 aromatic rings. The number of hydrogen-bond donors (Lipinski definition) is 1. The molecule has 3 atom stereocenters. The summed E-state index contributed by atoms with van der Waals surface area (Å²) >= 11 is 0. The Labute approximate surface area is 156 Å². The zero-order valence-electron chi connectivity index (χ0n) is 16.9. The molecule has 0 aromatic carbocycles. The molecule has 0 saturated carbocycles. The standard InChI is InChI=1S/C18H36O2.Na.H/c1-13(11-17(3,4)5)9-10-15(16(19)20)14(2)12-18(6,7)8;;/h13-15H,9-12H2,1-8H3,(H,19,20);;/q;+1;-1. The van der Waals surface area contributed by atoms with Crippen LogP contribution < -0.4 is 29.6 Å². The number of carbonyl (C=O) groups is 1. The van der Waals surface area contributed by atoms with Crippen LogP contribution in [0.2, 0.25) is 0 Å². The minimum atomic E-state index is -0.621. The first-order valence-electron chi connectivity index (χ1n) is 8.04. The first kappa shape index (κ1) is 23.7. The van der Waals surface area contributed by atoms with E-state index in [0.29, 0.717) is 11.3 Å². The summed E-state index contributed by atoms with van der Waals surface area (Å²) < 4.78 is 0. The van der Waals surface area contributed by atoms with Crippen molar-refractivity contribution in [3.05, 3.63) is 0 Å². The van der Waals surface area contributed by atoms with E-state index in [1.807, 2.05) is 0 Å². The van der Waals surface area contributed by atoms with Crippen LogP contribution in [0.5, 0.6) is 0 Å². The van der Waals surface area contributed by atoms with Crippen LogP contribution in [-0.2, 0) is 4.79 Å². The Morgan fingerprint density at radius 2 is 1.38 bits per heavy atom. The van der Waals surface area contributed by atoms with Crippen molar-refractivity contribution < 1.29 is 40.9 Å². The predicted octanol–water partition coefficient (Wildman–Crippen LogP) is 2.73. The molecule has 3 heteroatoms. The summed E-state index contributed by atoms with van der Waals surface area (Å²) in [6.07, 6.45) is 3.96. The normalized spacial score (nSPS) is 16.8. The average Bonchev–Trinajstić information content (AvgIpc) is 2.10. The van der Waals surface area contributed by atoms with E-state index in [0.717, 1.165) is 25.7 Å². The minimum Gasteiger partial charge on any atom is -1.00 e. The predicted molar refractivity (Wildman–Crippen MR) is 87.9 cm³/mol. The van der Waals surface area contributed by atoms with E-state index in [9.17, 15) is 9.90 Å². The van der Waals surface area contributed by atoms with Gasteiger partial charge in [-0.1, -0.05) is 55.4 Å². The second kappa shape index (κ2) is 9.57. The van der Waals surface area contributed by atoms with Crippen molar-refractivity contribution in [1.29, 1.82) is 0 Å². The van der Waals surface area contributed by atoms with Crippen molar-refractivity contribution in [2.75, 3.05) is 0 Å². The van der Waals surface area contributed by atoms with Gasteiger partial charge in [-0.25, -0.2) is 0 Å². The first-order chi connectivity index (χ1) is 8.82. The zero-order valence-corrected chi connectivity index (χ0v) is 17.9. The Hall–Kier alpha value is 0.470. The van der Waals surface area contributed by atoms with Gasteiger partial charge >= 0.3 is 35.5 Å². The van der Waals surface area contributed by atoms with Crippen LogP contribution >= 0.6 is 0 Å². The second-order valence-electron chi connectivity index (χ2n) is 9.13. The molecule has 0 rings (SSSR count). The number of rotatable bonds is 7. The van der Waals surface area contributed by atoms with Gasteiger partial charge in [-0.15, -0.1) is 0 Å². The molecule has 0 aliphatic heterocycles. The molecule has 0 fully saturated rings. The van der Waals surface area contributed by atoms with Gasteiger partial charge in [0.1, 0.15) is 0 Å². The first-order valence-corrected chi connectivity index (χ1v) is 8.04. The van der Waals surface area contributed by atoms with Gasteiger partial charge < -0.3 is 6.53 Å². The van der Waals surface area contributed by atoms with Crippen LogP contribution in [0.4, 0.5) is 0 Å². The SMILES string of the molecule is CC(CCC(C(=O)O)C(C)CC(C)(C)C)CC(C)(C)C.[H-].[Na+]. The molecule has 0 aliphatic rings. The third-order valence-corrected chi connectivity index (χ3v) is 3.87. The Morgan fingerprint density at radius 1 is 0.952 bits per heavy atom. The fraction of sp³-hybridized carbons (Fsp3) is 0.944. The van der Waals surface area contributed by atoms with Crippen molar-refractivity contribution in [1.82, 2.24) is 0 Å². The van der Waals surface area contributed by atoms with Gasteiger partial charge in [0.2, 0.25) is 0 Å². The molecular formula is C18H37NaO2. The van der Waals surface area contributed by atoms with Crippen molar-refractivity contribution in [2.24, 2.45) is 28.6 Å². The van der Waals surface area contributed by atoms with Gasteiger partial charge in [0.15, 0.2) is 0 Å². The molecule has 0 spiro atoms.